The molecule has 0 aliphatic rings. The lowest BCUT2D eigenvalue weighted by atomic mass is 10.0. The van der Waals surface area contributed by atoms with Crippen LogP contribution in [-0.4, -0.2) is 49.3 Å². The van der Waals surface area contributed by atoms with Gasteiger partial charge in [-0.3, -0.25) is 18.6 Å². The monoisotopic (exact) mass is 1400 g/mol. The van der Waals surface area contributed by atoms with Gasteiger partial charge < -0.3 is 20.1 Å². The van der Waals surface area contributed by atoms with Gasteiger partial charge in [0.15, 0.2) is 6.10 Å². The number of esters is 2. The number of phosphoric acid groups is 1. The van der Waals surface area contributed by atoms with E-state index in [1.807, 2.05) is 0 Å². The molecular formula is C89H162NO8P. The molecule has 9 nitrogen and oxygen atoms in total. The molecule has 0 aromatic rings. The fourth-order valence-electron chi connectivity index (χ4n) is 12.7. The highest BCUT2D eigenvalue weighted by molar-refractivity contribution is 7.47. The molecule has 3 N–H and O–H groups in total. The number of carbonyl (C=O) groups excluding carboxylic acids is 2. The molecular weight excluding hydrogens is 1240 g/mol. The summed E-state index contributed by atoms with van der Waals surface area (Å²) in [6.45, 7) is 3.69. The zero-order valence-corrected chi connectivity index (χ0v) is 66.1. The van der Waals surface area contributed by atoms with Gasteiger partial charge in [0.05, 0.1) is 13.2 Å². The fourth-order valence-corrected chi connectivity index (χ4v) is 13.4. The smallest absolute Gasteiger partial charge is 0.462 e. The van der Waals surface area contributed by atoms with E-state index < -0.39 is 26.5 Å². The predicted molar refractivity (Wildman–Crippen MR) is 432 cm³/mol. The van der Waals surface area contributed by atoms with Crippen molar-refractivity contribution in [3.8, 4) is 0 Å². The summed E-state index contributed by atoms with van der Waals surface area (Å²) in [5, 5.41) is 0. The van der Waals surface area contributed by atoms with Crippen molar-refractivity contribution < 1.29 is 37.6 Å². The van der Waals surface area contributed by atoms with E-state index in [2.05, 4.69) is 111 Å². The molecule has 0 aromatic heterocycles. The van der Waals surface area contributed by atoms with Crippen LogP contribution in [0.3, 0.4) is 0 Å². The number of phosphoric ester groups is 1. The second kappa shape index (κ2) is 83.9. The van der Waals surface area contributed by atoms with Gasteiger partial charge in [-0.25, -0.2) is 4.57 Å². The molecule has 0 rings (SSSR count). The summed E-state index contributed by atoms with van der Waals surface area (Å²) in [7, 11) is -4.40. The maximum absolute atomic E-state index is 12.8. The average Bonchev–Trinajstić information content (AvgIpc) is 1.35. The van der Waals surface area contributed by atoms with Crippen LogP contribution in [0.5, 0.6) is 0 Å². The largest absolute Gasteiger partial charge is 0.472 e. The highest BCUT2D eigenvalue weighted by atomic mass is 31.2. The van der Waals surface area contributed by atoms with Gasteiger partial charge in [-0.05, 0) is 96.3 Å². The lowest BCUT2D eigenvalue weighted by molar-refractivity contribution is -0.161. The van der Waals surface area contributed by atoms with Crippen LogP contribution in [0, 0.1) is 0 Å². The molecule has 0 fully saturated rings. The SMILES string of the molecule is CC/C=C\C/C=C\C/C=C\C/C=C\C/C=C\C/C=C\CCCCCCCCCCCCCCCCCCCCCCC(=O)OC(COC(=O)CCCCCCCCCCCCCCCCCCCCCCCCCCCCC/C=C\C/C=C\CCCCCCC)COP(=O)(O)OCCN. The van der Waals surface area contributed by atoms with E-state index in [9.17, 15) is 19.0 Å². The molecule has 0 amide bonds. The first-order valence-corrected chi connectivity index (χ1v) is 44.2. The van der Waals surface area contributed by atoms with E-state index in [1.165, 1.54) is 315 Å². The molecule has 0 saturated carbocycles. The topological polar surface area (TPSA) is 134 Å². The number of unbranched alkanes of at least 4 members (excludes halogenated alkanes) is 52. The van der Waals surface area contributed by atoms with Crippen LogP contribution in [0.15, 0.2) is 97.2 Å². The lowest BCUT2D eigenvalue weighted by Crippen LogP contribution is -2.29. The van der Waals surface area contributed by atoms with Crippen LogP contribution in [0.2, 0.25) is 0 Å². The minimum atomic E-state index is -4.40. The highest BCUT2D eigenvalue weighted by Gasteiger charge is 2.26. The third-order valence-electron chi connectivity index (χ3n) is 19.0. The van der Waals surface area contributed by atoms with Gasteiger partial charge in [-0.15, -0.1) is 0 Å². The normalized spacial score (nSPS) is 13.3. The lowest BCUT2D eigenvalue weighted by Gasteiger charge is -2.19. The van der Waals surface area contributed by atoms with Gasteiger partial charge >= 0.3 is 19.8 Å². The van der Waals surface area contributed by atoms with Gasteiger partial charge in [0.25, 0.3) is 0 Å². The van der Waals surface area contributed by atoms with Gasteiger partial charge in [0, 0.05) is 19.4 Å². The van der Waals surface area contributed by atoms with E-state index in [4.69, 9.17) is 24.3 Å². The Morgan fingerprint density at radius 2 is 0.556 bits per heavy atom. The Labute approximate surface area is 614 Å². The van der Waals surface area contributed by atoms with Gasteiger partial charge in [0.1, 0.15) is 6.61 Å². The van der Waals surface area contributed by atoms with E-state index in [-0.39, 0.29) is 38.6 Å². The molecule has 0 saturated heterocycles. The Morgan fingerprint density at radius 1 is 0.313 bits per heavy atom. The summed E-state index contributed by atoms with van der Waals surface area (Å²) in [6, 6.07) is 0. The van der Waals surface area contributed by atoms with Crippen molar-refractivity contribution in [2.75, 3.05) is 26.4 Å². The van der Waals surface area contributed by atoms with Crippen LogP contribution in [0.1, 0.15) is 425 Å². The highest BCUT2D eigenvalue weighted by Crippen LogP contribution is 2.43. The average molecular weight is 1410 g/mol. The third kappa shape index (κ3) is 83.8. The second-order valence-corrected chi connectivity index (χ2v) is 30.1. The number of carbonyl (C=O) groups is 2. The predicted octanol–water partition coefficient (Wildman–Crippen LogP) is 29.0. The second-order valence-electron chi connectivity index (χ2n) is 28.7. The summed E-state index contributed by atoms with van der Waals surface area (Å²) in [6.07, 6.45) is 116. The van der Waals surface area contributed by atoms with E-state index in [1.54, 1.807) is 0 Å². The quantitative estimate of drug-likeness (QED) is 0.0264. The van der Waals surface area contributed by atoms with Crippen molar-refractivity contribution in [3.05, 3.63) is 97.2 Å². The Hall–Kier alpha value is -3.07. The van der Waals surface area contributed by atoms with Crippen molar-refractivity contribution in [1.82, 2.24) is 0 Å². The van der Waals surface area contributed by atoms with Crippen LogP contribution in [0.4, 0.5) is 0 Å². The van der Waals surface area contributed by atoms with Gasteiger partial charge in [-0.1, -0.05) is 413 Å². The number of nitrogens with two attached hydrogens (primary N) is 1. The molecule has 99 heavy (non-hydrogen) atoms. The van der Waals surface area contributed by atoms with E-state index in [0.29, 0.717) is 6.42 Å². The van der Waals surface area contributed by atoms with Crippen LogP contribution >= 0.6 is 7.82 Å². The summed E-state index contributed by atoms with van der Waals surface area (Å²) in [5.41, 5.74) is 5.42. The molecule has 0 spiro atoms. The maximum atomic E-state index is 12.8. The number of allylic oxidation sites excluding steroid dienone is 16. The number of hydrogen-bond donors (Lipinski definition) is 2. The molecule has 0 aromatic carbocycles. The van der Waals surface area contributed by atoms with Crippen molar-refractivity contribution in [2.24, 2.45) is 5.73 Å². The summed E-state index contributed by atoms with van der Waals surface area (Å²) < 4.78 is 33.3. The fraction of sp³-hybridized carbons (Fsp3) is 0.798. The molecule has 0 aliphatic carbocycles. The van der Waals surface area contributed by atoms with Crippen LogP contribution in [-0.2, 0) is 32.7 Å². The molecule has 576 valence electrons. The molecule has 0 aliphatic heterocycles. The Kier molecular flexibility index (Phi) is 81.3. The first kappa shape index (κ1) is 95.9. The Bertz CT molecular complexity index is 1950. The maximum Gasteiger partial charge on any atom is 0.472 e. The first-order valence-electron chi connectivity index (χ1n) is 42.7. The minimum absolute atomic E-state index is 0.0540. The Balaban J connectivity index is 3.74. The van der Waals surface area contributed by atoms with Crippen LogP contribution < -0.4 is 5.73 Å². The third-order valence-corrected chi connectivity index (χ3v) is 19.9. The van der Waals surface area contributed by atoms with E-state index >= 15 is 0 Å². The van der Waals surface area contributed by atoms with Gasteiger partial charge in [-0.2, -0.15) is 0 Å². The standard InChI is InChI=1S/C89H162NO8P/c1-3-5-7-9-11-13-15-17-19-21-23-25-27-29-31-33-35-37-39-41-43-45-47-49-51-53-55-57-59-61-63-65-67-69-71-73-75-77-79-81-88(91)95-85-87(86-97-99(93,94)96-84-83-90)98-89(92)82-80-78-76-74-72-70-68-66-64-62-60-58-56-54-52-50-48-46-44-42-40-38-36-34-32-30-28-26-24-22-20-18-16-14-12-10-8-6-4-2/h6,8,12,14-15,17-18,20-21,23-24,26,30,32,36,38,87H,3-5,7,9-11,13,16,19,22,25,27-29,31,33-35,37,39-86,90H2,1-2H3,(H,93,94)/b8-6-,14-12-,17-15-,20-18-,23-21-,26-24-,32-30-,38-36-. The van der Waals surface area contributed by atoms with Crippen molar-refractivity contribution in [1.29, 1.82) is 0 Å². The number of hydrogen-bond acceptors (Lipinski definition) is 8. The molecule has 2 unspecified atom stereocenters. The molecule has 10 heteroatoms. The summed E-state index contributed by atoms with van der Waals surface area (Å²) >= 11 is 0. The van der Waals surface area contributed by atoms with Crippen molar-refractivity contribution in [2.45, 2.75) is 431 Å². The summed E-state index contributed by atoms with van der Waals surface area (Å²) in [5.74, 6) is -0.806. The summed E-state index contributed by atoms with van der Waals surface area (Å²) in [4.78, 5) is 35.5. The minimum Gasteiger partial charge on any atom is -0.462 e. The number of rotatable bonds is 81. The van der Waals surface area contributed by atoms with E-state index in [0.717, 1.165) is 77.0 Å². The molecule has 0 bridgehead atoms. The zero-order chi connectivity index (χ0) is 71.5. The number of ether oxygens (including phenoxy) is 2. The molecule has 0 radical (unpaired) electrons. The molecule has 2 atom stereocenters. The van der Waals surface area contributed by atoms with Crippen molar-refractivity contribution >= 4 is 19.8 Å². The Morgan fingerprint density at radius 3 is 0.828 bits per heavy atom. The van der Waals surface area contributed by atoms with Crippen LogP contribution in [0.25, 0.3) is 0 Å². The zero-order valence-electron chi connectivity index (χ0n) is 65.2. The van der Waals surface area contributed by atoms with Crippen molar-refractivity contribution in [3.63, 3.8) is 0 Å². The molecule has 0 heterocycles. The van der Waals surface area contributed by atoms with Gasteiger partial charge in [0.2, 0.25) is 0 Å². The first-order chi connectivity index (χ1) is 48.8.